The molecule has 1 amide bonds. The van der Waals surface area contributed by atoms with Crippen LogP contribution in [0, 0.1) is 0 Å². The number of rotatable bonds is 3. The molecule has 104 valence electrons. The van der Waals surface area contributed by atoms with Crippen molar-refractivity contribution >= 4 is 5.91 Å². The van der Waals surface area contributed by atoms with E-state index in [2.05, 4.69) is 28.9 Å². The summed E-state index contributed by atoms with van der Waals surface area (Å²) in [6.07, 6.45) is 6.06. The van der Waals surface area contributed by atoms with Gasteiger partial charge in [0.25, 0.3) is 0 Å². The van der Waals surface area contributed by atoms with Crippen molar-refractivity contribution in [2.75, 3.05) is 6.54 Å². The van der Waals surface area contributed by atoms with Crippen LogP contribution in [0.4, 0.5) is 0 Å². The molecular formula is C16H19N3O. The molecule has 1 aliphatic rings. The lowest BCUT2D eigenvalue weighted by Gasteiger charge is -2.27. The van der Waals surface area contributed by atoms with E-state index >= 15 is 0 Å². The standard InChI is InChI=1S/C16H19N3O/c1-18-10-7-13-12-19(11-8-15(13)18)16(20)6-5-14-4-2-3-9-17-14/h2-4,7,9-10H,5-6,8,11-12H2,1H3. The second-order valence-electron chi connectivity index (χ2n) is 5.28. The number of carbonyl (C=O) groups is 1. The number of aromatic nitrogens is 2. The highest BCUT2D eigenvalue weighted by Gasteiger charge is 2.22. The van der Waals surface area contributed by atoms with Gasteiger partial charge in [-0.05, 0) is 30.2 Å². The molecule has 0 spiro atoms. The molecule has 2 aromatic rings. The molecule has 0 bridgehead atoms. The number of carbonyl (C=O) groups excluding carboxylic acids is 1. The Morgan fingerprint density at radius 3 is 3.05 bits per heavy atom. The predicted octanol–water partition coefficient (Wildman–Crippen LogP) is 1.94. The number of hydrogen-bond donors (Lipinski definition) is 0. The first kappa shape index (κ1) is 12.9. The maximum atomic E-state index is 12.3. The molecule has 0 radical (unpaired) electrons. The van der Waals surface area contributed by atoms with Gasteiger partial charge in [-0.2, -0.15) is 0 Å². The molecule has 1 aliphatic heterocycles. The normalized spacial score (nSPS) is 14.2. The first-order chi connectivity index (χ1) is 9.74. The first-order valence-corrected chi connectivity index (χ1v) is 7.05. The quantitative estimate of drug-likeness (QED) is 0.854. The molecule has 20 heavy (non-hydrogen) atoms. The molecule has 0 atom stereocenters. The zero-order valence-corrected chi connectivity index (χ0v) is 11.7. The van der Waals surface area contributed by atoms with Crippen LogP contribution in [0.5, 0.6) is 0 Å². The number of pyridine rings is 1. The predicted molar refractivity (Wildman–Crippen MR) is 77.1 cm³/mol. The van der Waals surface area contributed by atoms with Crippen molar-refractivity contribution < 1.29 is 4.79 Å². The number of aryl methyl sites for hydroxylation is 2. The molecule has 0 aliphatic carbocycles. The Kier molecular flexibility index (Phi) is 3.54. The second-order valence-corrected chi connectivity index (χ2v) is 5.28. The van der Waals surface area contributed by atoms with Gasteiger partial charge in [0.05, 0.1) is 0 Å². The van der Waals surface area contributed by atoms with Gasteiger partial charge in [0.15, 0.2) is 0 Å². The van der Waals surface area contributed by atoms with Gasteiger partial charge in [-0.25, -0.2) is 0 Å². The second kappa shape index (κ2) is 5.49. The smallest absolute Gasteiger partial charge is 0.223 e. The molecule has 0 N–H and O–H groups in total. The first-order valence-electron chi connectivity index (χ1n) is 7.05. The van der Waals surface area contributed by atoms with Gasteiger partial charge in [-0.3, -0.25) is 9.78 Å². The van der Waals surface area contributed by atoms with Crippen molar-refractivity contribution in [1.29, 1.82) is 0 Å². The van der Waals surface area contributed by atoms with Gasteiger partial charge in [0.2, 0.25) is 5.91 Å². The summed E-state index contributed by atoms with van der Waals surface area (Å²) in [5.74, 6) is 0.227. The Labute approximate surface area is 119 Å². The summed E-state index contributed by atoms with van der Waals surface area (Å²) in [7, 11) is 2.07. The fourth-order valence-electron chi connectivity index (χ4n) is 2.77. The minimum atomic E-state index is 0.227. The highest BCUT2D eigenvalue weighted by atomic mass is 16.2. The summed E-state index contributed by atoms with van der Waals surface area (Å²) >= 11 is 0. The van der Waals surface area contributed by atoms with Gasteiger partial charge in [0, 0.05) is 56.8 Å². The number of hydrogen-bond acceptors (Lipinski definition) is 2. The number of fused-ring (bicyclic) bond motifs is 1. The Bertz CT molecular complexity index is 603. The van der Waals surface area contributed by atoms with Crippen LogP contribution in [0.3, 0.4) is 0 Å². The molecule has 3 rings (SSSR count). The van der Waals surface area contributed by atoms with E-state index in [9.17, 15) is 4.79 Å². The van der Waals surface area contributed by atoms with E-state index in [1.54, 1.807) is 6.20 Å². The van der Waals surface area contributed by atoms with Crippen LogP contribution < -0.4 is 0 Å². The van der Waals surface area contributed by atoms with Gasteiger partial charge < -0.3 is 9.47 Å². The summed E-state index contributed by atoms with van der Waals surface area (Å²) in [5.41, 5.74) is 3.63. The van der Waals surface area contributed by atoms with E-state index in [0.717, 1.165) is 31.6 Å². The van der Waals surface area contributed by atoms with Crippen LogP contribution in [0.25, 0.3) is 0 Å². The fraction of sp³-hybridized carbons (Fsp3) is 0.375. The van der Waals surface area contributed by atoms with E-state index in [0.29, 0.717) is 6.42 Å². The highest BCUT2D eigenvalue weighted by molar-refractivity contribution is 5.76. The van der Waals surface area contributed by atoms with Crippen molar-refractivity contribution in [3.8, 4) is 0 Å². The largest absolute Gasteiger partial charge is 0.354 e. The van der Waals surface area contributed by atoms with Gasteiger partial charge in [-0.1, -0.05) is 6.07 Å². The zero-order chi connectivity index (χ0) is 13.9. The lowest BCUT2D eigenvalue weighted by atomic mass is 10.1. The Morgan fingerprint density at radius 2 is 2.25 bits per heavy atom. The van der Waals surface area contributed by atoms with Crippen LogP contribution in [-0.4, -0.2) is 26.9 Å². The Morgan fingerprint density at radius 1 is 1.35 bits per heavy atom. The molecule has 0 saturated heterocycles. The molecule has 4 heteroatoms. The molecule has 3 heterocycles. The maximum absolute atomic E-state index is 12.3. The summed E-state index contributed by atoms with van der Waals surface area (Å²) < 4.78 is 2.16. The van der Waals surface area contributed by atoms with Crippen LogP contribution in [0.1, 0.15) is 23.4 Å². The third-order valence-corrected chi connectivity index (χ3v) is 3.95. The molecule has 0 saturated carbocycles. The summed E-state index contributed by atoms with van der Waals surface area (Å²) in [6.45, 7) is 1.57. The van der Waals surface area contributed by atoms with Crippen LogP contribution >= 0.6 is 0 Å². The molecule has 0 fully saturated rings. The summed E-state index contributed by atoms with van der Waals surface area (Å²) in [6, 6.07) is 7.95. The third-order valence-electron chi connectivity index (χ3n) is 3.95. The van der Waals surface area contributed by atoms with Gasteiger partial charge >= 0.3 is 0 Å². The van der Waals surface area contributed by atoms with Crippen molar-refractivity contribution in [2.45, 2.75) is 25.8 Å². The Hall–Kier alpha value is -2.10. The van der Waals surface area contributed by atoms with Crippen molar-refractivity contribution in [2.24, 2.45) is 7.05 Å². The van der Waals surface area contributed by atoms with Crippen molar-refractivity contribution in [1.82, 2.24) is 14.5 Å². The van der Waals surface area contributed by atoms with Crippen molar-refractivity contribution in [3.05, 3.63) is 53.6 Å². The van der Waals surface area contributed by atoms with E-state index in [1.807, 2.05) is 23.1 Å². The number of amides is 1. The molecular weight excluding hydrogens is 250 g/mol. The topological polar surface area (TPSA) is 38.1 Å². The molecule has 0 aromatic carbocycles. The lowest BCUT2D eigenvalue weighted by molar-refractivity contribution is -0.132. The third kappa shape index (κ3) is 2.59. The van der Waals surface area contributed by atoms with Crippen molar-refractivity contribution in [3.63, 3.8) is 0 Å². The molecule has 2 aromatic heterocycles. The average molecular weight is 269 g/mol. The lowest BCUT2D eigenvalue weighted by Crippen LogP contribution is -2.36. The van der Waals surface area contributed by atoms with Gasteiger partial charge in [-0.15, -0.1) is 0 Å². The van der Waals surface area contributed by atoms with Crippen LogP contribution in [-0.2, 0) is 31.2 Å². The zero-order valence-electron chi connectivity index (χ0n) is 11.7. The monoisotopic (exact) mass is 269 g/mol. The molecule has 0 unspecified atom stereocenters. The van der Waals surface area contributed by atoms with E-state index < -0.39 is 0 Å². The minimum absolute atomic E-state index is 0.227. The maximum Gasteiger partial charge on any atom is 0.223 e. The van der Waals surface area contributed by atoms with Crippen LogP contribution in [0.15, 0.2) is 36.7 Å². The summed E-state index contributed by atoms with van der Waals surface area (Å²) in [4.78, 5) is 18.5. The SMILES string of the molecule is Cn1ccc2c1CCN(C(=O)CCc1ccccn1)C2. The van der Waals surface area contributed by atoms with E-state index in [-0.39, 0.29) is 5.91 Å². The Balaban J connectivity index is 1.59. The van der Waals surface area contributed by atoms with Gasteiger partial charge in [0.1, 0.15) is 0 Å². The summed E-state index contributed by atoms with van der Waals surface area (Å²) in [5, 5.41) is 0. The van der Waals surface area contributed by atoms with Crippen LogP contribution in [0.2, 0.25) is 0 Å². The van der Waals surface area contributed by atoms with E-state index in [4.69, 9.17) is 0 Å². The highest BCUT2D eigenvalue weighted by Crippen LogP contribution is 2.20. The average Bonchev–Trinajstić information content (AvgIpc) is 2.87. The fourth-order valence-corrected chi connectivity index (χ4v) is 2.77. The molecule has 4 nitrogen and oxygen atoms in total. The number of nitrogens with zero attached hydrogens (tertiary/aromatic N) is 3. The van der Waals surface area contributed by atoms with E-state index in [1.165, 1.54) is 11.3 Å². The minimum Gasteiger partial charge on any atom is -0.354 e.